The molecule has 4 nitrogen and oxygen atoms in total. The number of amides is 1. The van der Waals surface area contributed by atoms with Gasteiger partial charge in [-0.1, -0.05) is 19.9 Å². The summed E-state index contributed by atoms with van der Waals surface area (Å²) in [5.41, 5.74) is 2.28. The van der Waals surface area contributed by atoms with Crippen molar-refractivity contribution in [2.45, 2.75) is 33.7 Å². The second kappa shape index (κ2) is 6.79. The molecule has 0 bridgehead atoms. The molecule has 0 aliphatic heterocycles. The summed E-state index contributed by atoms with van der Waals surface area (Å²) in [4.78, 5) is 11.9. The van der Waals surface area contributed by atoms with Gasteiger partial charge in [-0.25, -0.2) is 0 Å². The molecule has 0 heterocycles. The lowest BCUT2D eigenvalue weighted by molar-refractivity contribution is -0.121. The number of nitrogens with zero attached hydrogens (tertiary/aromatic N) is 1. The lowest BCUT2D eigenvalue weighted by Gasteiger charge is -2.17. The highest BCUT2D eigenvalue weighted by molar-refractivity contribution is 5.84. The fourth-order valence-electron chi connectivity index (χ4n) is 1.63. The van der Waals surface area contributed by atoms with Gasteiger partial charge in [0.05, 0.1) is 11.3 Å². The van der Waals surface area contributed by atoms with Gasteiger partial charge >= 0.3 is 0 Å². The third-order valence-corrected chi connectivity index (χ3v) is 2.75. The van der Waals surface area contributed by atoms with Crippen LogP contribution < -0.4 is 10.6 Å². The van der Waals surface area contributed by atoms with Crippen molar-refractivity contribution in [1.82, 2.24) is 5.32 Å². The molecule has 1 atom stereocenters. The molecular weight excluding hydrogens is 238 g/mol. The first-order valence-electron chi connectivity index (χ1n) is 6.49. The Bertz CT molecular complexity index is 489. The Labute approximate surface area is 114 Å². The average molecular weight is 259 g/mol. The molecule has 102 valence electrons. The summed E-state index contributed by atoms with van der Waals surface area (Å²) in [7, 11) is 0. The van der Waals surface area contributed by atoms with Crippen LogP contribution in [-0.2, 0) is 4.79 Å². The highest BCUT2D eigenvalue weighted by Crippen LogP contribution is 2.17. The van der Waals surface area contributed by atoms with E-state index in [1.54, 1.807) is 13.0 Å². The molecule has 19 heavy (non-hydrogen) atoms. The average Bonchev–Trinajstić information content (AvgIpc) is 2.37. The van der Waals surface area contributed by atoms with E-state index in [1.807, 2.05) is 32.9 Å². The van der Waals surface area contributed by atoms with Crippen molar-refractivity contribution >= 4 is 11.6 Å². The second-order valence-corrected chi connectivity index (χ2v) is 5.17. The molecule has 0 fully saturated rings. The van der Waals surface area contributed by atoms with Crippen LogP contribution in [0.15, 0.2) is 18.2 Å². The summed E-state index contributed by atoms with van der Waals surface area (Å²) in [5, 5.41) is 15.0. The van der Waals surface area contributed by atoms with Crippen molar-refractivity contribution in [2.24, 2.45) is 5.92 Å². The Balaban J connectivity index is 2.69. The molecule has 1 aromatic rings. The lowest BCUT2D eigenvalue weighted by atomic mass is 10.1. The molecule has 4 heteroatoms. The maximum Gasteiger partial charge on any atom is 0.242 e. The molecule has 0 saturated carbocycles. The molecule has 1 rings (SSSR count). The van der Waals surface area contributed by atoms with Crippen LogP contribution in [0.2, 0.25) is 0 Å². The van der Waals surface area contributed by atoms with Crippen molar-refractivity contribution in [3.8, 4) is 6.07 Å². The zero-order valence-corrected chi connectivity index (χ0v) is 11.9. The Morgan fingerprint density at radius 3 is 2.63 bits per heavy atom. The summed E-state index contributed by atoms with van der Waals surface area (Å²) in [6, 6.07) is 7.33. The van der Waals surface area contributed by atoms with Gasteiger partial charge in [-0.15, -0.1) is 0 Å². The molecule has 0 aliphatic rings. The van der Waals surface area contributed by atoms with Gasteiger partial charge in [-0.3, -0.25) is 4.79 Å². The van der Waals surface area contributed by atoms with E-state index in [4.69, 9.17) is 5.26 Å². The van der Waals surface area contributed by atoms with Crippen LogP contribution >= 0.6 is 0 Å². The van der Waals surface area contributed by atoms with Crippen LogP contribution in [0.5, 0.6) is 0 Å². The summed E-state index contributed by atoms with van der Waals surface area (Å²) in [5.74, 6) is 0.364. The van der Waals surface area contributed by atoms with E-state index in [0.29, 0.717) is 23.7 Å². The van der Waals surface area contributed by atoms with Crippen molar-refractivity contribution in [1.29, 1.82) is 5.26 Å². The highest BCUT2D eigenvalue weighted by atomic mass is 16.2. The third kappa shape index (κ3) is 4.63. The Morgan fingerprint density at radius 1 is 1.37 bits per heavy atom. The maximum absolute atomic E-state index is 11.9. The van der Waals surface area contributed by atoms with Crippen LogP contribution in [-0.4, -0.2) is 18.5 Å². The number of carbonyl (C=O) groups is 1. The van der Waals surface area contributed by atoms with E-state index < -0.39 is 0 Å². The number of benzene rings is 1. The number of nitriles is 1. The van der Waals surface area contributed by atoms with Crippen molar-refractivity contribution in [2.75, 3.05) is 11.9 Å². The normalized spacial score (nSPS) is 11.8. The minimum atomic E-state index is -0.367. The second-order valence-electron chi connectivity index (χ2n) is 5.17. The van der Waals surface area contributed by atoms with Crippen LogP contribution in [0.25, 0.3) is 0 Å². The zero-order chi connectivity index (χ0) is 14.4. The summed E-state index contributed by atoms with van der Waals surface area (Å²) >= 11 is 0. The first kappa shape index (κ1) is 15.0. The smallest absolute Gasteiger partial charge is 0.242 e. The lowest BCUT2D eigenvalue weighted by Crippen LogP contribution is -2.39. The van der Waals surface area contributed by atoms with Crippen LogP contribution in [0.3, 0.4) is 0 Å². The van der Waals surface area contributed by atoms with Gasteiger partial charge in [0.2, 0.25) is 5.91 Å². The highest BCUT2D eigenvalue weighted by Gasteiger charge is 2.14. The van der Waals surface area contributed by atoms with E-state index in [-0.39, 0.29) is 11.9 Å². The van der Waals surface area contributed by atoms with Gasteiger partial charge in [0.15, 0.2) is 0 Å². The van der Waals surface area contributed by atoms with E-state index >= 15 is 0 Å². The standard InChI is InChI=1S/C15H21N3O/c1-10(2)9-17-15(19)12(4)18-14-6-5-11(3)7-13(14)8-16/h5-7,10,12,18H,9H2,1-4H3,(H,17,19). The van der Waals surface area contributed by atoms with E-state index in [0.717, 1.165) is 5.56 Å². The van der Waals surface area contributed by atoms with Crippen LogP contribution in [0, 0.1) is 24.2 Å². The third-order valence-electron chi connectivity index (χ3n) is 2.75. The monoisotopic (exact) mass is 259 g/mol. The summed E-state index contributed by atoms with van der Waals surface area (Å²) in [6.07, 6.45) is 0. The Hall–Kier alpha value is -2.02. The van der Waals surface area contributed by atoms with Gasteiger partial charge in [0.1, 0.15) is 12.1 Å². The van der Waals surface area contributed by atoms with Crippen LogP contribution in [0.1, 0.15) is 31.9 Å². The molecular formula is C15H21N3O. The predicted molar refractivity (Wildman–Crippen MR) is 76.8 cm³/mol. The number of hydrogen-bond acceptors (Lipinski definition) is 3. The van der Waals surface area contributed by atoms with Gasteiger partial charge in [0, 0.05) is 6.54 Å². The fourth-order valence-corrected chi connectivity index (χ4v) is 1.63. The quantitative estimate of drug-likeness (QED) is 0.853. The molecule has 0 aliphatic carbocycles. The first-order valence-corrected chi connectivity index (χ1v) is 6.49. The first-order chi connectivity index (χ1) is 8.93. The molecule has 1 amide bonds. The van der Waals surface area contributed by atoms with Crippen molar-refractivity contribution < 1.29 is 4.79 Å². The Morgan fingerprint density at radius 2 is 2.05 bits per heavy atom. The number of nitrogens with one attached hydrogen (secondary N) is 2. The number of anilines is 1. The molecule has 0 spiro atoms. The van der Waals surface area contributed by atoms with Gasteiger partial charge in [-0.2, -0.15) is 5.26 Å². The van der Waals surface area contributed by atoms with Gasteiger partial charge in [-0.05, 0) is 37.5 Å². The van der Waals surface area contributed by atoms with Gasteiger partial charge < -0.3 is 10.6 Å². The van der Waals surface area contributed by atoms with Crippen LogP contribution in [0.4, 0.5) is 5.69 Å². The maximum atomic E-state index is 11.9. The number of aryl methyl sites for hydroxylation is 1. The van der Waals surface area contributed by atoms with E-state index in [1.165, 1.54) is 0 Å². The Kier molecular flexibility index (Phi) is 5.37. The molecule has 1 aromatic carbocycles. The predicted octanol–water partition coefficient (Wildman–Crippen LogP) is 2.44. The van der Waals surface area contributed by atoms with Gasteiger partial charge in [0.25, 0.3) is 0 Å². The topological polar surface area (TPSA) is 64.9 Å². The minimum Gasteiger partial charge on any atom is -0.373 e. The fraction of sp³-hybridized carbons (Fsp3) is 0.467. The van der Waals surface area contributed by atoms with E-state index in [2.05, 4.69) is 16.7 Å². The SMILES string of the molecule is Cc1ccc(NC(C)C(=O)NCC(C)C)c(C#N)c1. The minimum absolute atomic E-state index is 0.0573. The van der Waals surface area contributed by atoms with Crippen molar-refractivity contribution in [3.05, 3.63) is 29.3 Å². The molecule has 2 N–H and O–H groups in total. The summed E-state index contributed by atoms with van der Waals surface area (Å²) < 4.78 is 0. The summed E-state index contributed by atoms with van der Waals surface area (Å²) in [6.45, 7) is 8.47. The molecule has 0 radical (unpaired) electrons. The number of hydrogen-bond donors (Lipinski definition) is 2. The van der Waals surface area contributed by atoms with E-state index in [9.17, 15) is 4.79 Å². The number of rotatable bonds is 5. The number of carbonyl (C=O) groups excluding carboxylic acids is 1. The zero-order valence-electron chi connectivity index (χ0n) is 11.9. The molecule has 0 saturated heterocycles. The molecule has 0 aromatic heterocycles. The molecule has 1 unspecified atom stereocenters. The largest absolute Gasteiger partial charge is 0.373 e. The van der Waals surface area contributed by atoms with Crippen molar-refractivity contribution in [3.63, 3.8) is 0 Å².